The molecule has 0 aromatic carbocycles. The molecule has 0 radical (unpaired) electrons. The van der Waals surface area contributed by atoms with Crippen molar-refractivity contribution in [3.05, 3.63) is 12.7 Å². The molecular formula is C11H18N8O. The highest BCUT2D eigenvalue weighted by Crippen LogP contribution is 2.11. The Balaban J connectivity index is 2.26. The number of hydrogen-bond donors (Lipinski definition) is 3. The lowest BCUT2D eigenvalue weighted by molar-refractivity contribution is 0.278. The van der Waals surface area contributed by atoms with Gasteiger partial charge in [0, 0.05) is 19.7 Å². The Morgan fingerprint density at radius 2 is 2.10 bits per heavy atom. The van der Waals surface area contributed by atoms with E-state index in [9.17, 15) is 0 Å². The number of rotatable bonds is 7. The van der Waals surface area contributed by atoms with Crippen molar-refractivity contribution < 1.29 is 5.11 Å². The fourth-order valence-electron chi connectivity index (χ4n) is 1.67. The summed E-state index contributed by atoms with van der Waals surface area (Å²) in [4.78, 5) is 16.6. The minimum atomic E-state index is 0.107. The molecule has 2 aromatic heterocycles. The first-order valence-corrected chi connectivity index (χ1v) is 6.43. The summed E-state index contributed by atoms with van der Waals surface area (Å²) in [6.07, 6.45) is 4.43. The number of aliphatic hydroxyl groups is 1. The first-order chi connectivity index (χ1) is 9.76. The van der Waals surface area contributed by atoms with Crippen LogP contribution in [0.2, 0.25) is 0 Å². The molecule has 0 amide bonds. The van der Waals surface area contributed by atoms with Crippen LogP contribution in [0.5, 0.6) is 0 Å². The zero-order valence-electron chi connectivity index (χ0n) is 11.5. The molecule has 0 aliphatic rings. The summed E-state index contributed by atoms with van der Waals surface area (Å²) in [6.45, 7) is 2.15. The van der Waals surface area contributed by atoms with Crippen LogP contribution in [0.4, 0.5) is 11.9 Å². The van der Waals surface area contributed by atoms with E-state index in [-0.39, 0.29) is 12.6 Å². The van der Waals surface area contributed by atoms with Gasteiger partial charge in [0.15, 0.2) is 0 Å². The van der Waals surface area contributed by atoms with E-state index in [0.29, 0.717) is 24.3 Å². The highest BCUT2D eigenvalue weighted by Gasteiger charge is 2.11. The zero-order chi connectivity index (χ0) is 14.4. The van der Waals surface area contributed by atoms with Gasteiger partial charge < -0.3 is 15.7 Å². The van der Waals surface area contributed by atoms with Crippen LogP contribution in [0.25, 0.3) is 5.95 Å². The molecule has 2 rings (SSSR count). The van der Waals surface area contributed by atoms with E-state index < -0.39 is 0 Å². The molecule has 1 unspecified atom stereocenters. The Bertz CT molecular complexity index is 529. The second-order valence-electron chi connectivity index (χ2n) is 4.13. The highest BCUT2D eigenvalue weighted by atomic mass is 16.3. The van der Waals surface area contributed by atoms with E-state index in [1.807, 2.05) is 6.92 Å². The van der Waals surface area contributed by atoms with Gasteiger partial charge in [-0.25, -0.2) is 4.98 Å². The molecule has 108 valence electrons. The Kier molecular flexibility index (Phi) is 4.77. The lowest BCUT2D eigenvalue weighted by Gasteiger charge is -2.16. The van der Waals surface area contributed by atoms with E-state index in [0.717, 1.165) is 6.42 Å². The maximum Gasteiger partial charge on any atom is 0.258 e. The minimum absolute atomic E-state index is 0.107. The van der Waals surface area contributed by atoms with Crippen LogP contribution in [-0.2, 0) is 0 Å². The van der Waals surface area contributed by atoms with Crippen molar-refractivity contribution in [2.75, 3.05) is 24.3 Å². The molecule has 9 heteroatoms. The zero-order valence-corrected chi connectivity index (χ0v) is 11.5. The first kappa shape index (κ1) is 14.1. The van der Waals surface area contributed by atoms with Gasteiger partial charge in [-0.2, -0.15) is 24.7 Å². The van der Waals surface area contributed by atoms with E-state index in [1.54, 1.807) is 7.05 Å². The molecule has 0 aliphatic carbocycles. The van der Waals surface area contributed by atoms with Crippen LogP contribution in [0.3, 0.4) is 0 Å². The van der Waals surface area contributed by atoms with Crippen LogP contribution in [0, 0.1) is 0 Å². The van der Waals surface area contributed by atoms with Crippen molar-refractivity contribution in [1.82, 2.24) is 29.7 Å². The fraction of sp³-hybridized carbons (Fsp3) is 0.545. The van der Waals surface area contributed by atoms with Crippen molar-refractivity contribution in [2.45, 2.75) is 25.8 Å². The summed E-state index contributed by atoms with van der Waals surface area (Å²) in [5, 5.41) is 19.1. The number of anilines is 2. The maximum absolute atomic E-state index is 9.02. The Morgan fingerprint density at radius 3 is 2.70 bits per heavy atom. The maximum atomic E-state index is 9.02. The average molecular weight is 278 g/mol. The van der Waals surface area contributed by atoms with Gasteiger partial charge in [-0.3, -0.25) is 0 Å². The quantitative estimate of drug-likeness (QED) is 0.652. The summed E-state index contributed by atoms with van der Waals surface area (Å²) in [7, 11) is 1.73. The third-order valence-corrected chi connectivity index (χ3v) is 2.77. The van der Waals surface area contributed by atoms with Gasteiger partial charge in [-0.05, 0) is 12.8 Å². The predicted molar refractivity (Wildman–Crippen MR) is 73.7 cm³/mol. The minimum Gasteiger partial charge on any atom is -0.396 e. The second-order valence-corrected chi connectivity index (χ2v) is 4.13. The average Bonchev–Trinajstić information content (AvgIpc) is 3.00. The molecule has 0 spiro atoms. The topological polar surface area (TPSA) is 114 Å². The molecular weight excluding hydrogens is 260 g/mol. The monoisotopic (exact) mass is 278 g/mol. The van der Waals surface area contributed by atoms with Crippen LogP contribution in [0.15, 0.2) is 12.7 Å². The lowest BCUT2D eigenvalue weighted by Crippen LogP contribution is -2.22. The first-order valence-electron chi connectivity index (χ1n) is 6.43. The summed E-state index contributed by atoms with van der Waals surface area (Å²) in [6, 6.07) is 0.107. The number of nitrogens with one attached hydrogen (secondary N) is 2. The van der Waals surface area contributed by atoms with Crippen LogP contribution in [0.1, 0.15) is 19.8 Å². The fourth-order valence-corrected chi connectivity index (χ4v) is 1.67. The van der Waals surface area contributed by atoms with Gasteiger partial charge in [-0.1, -0.05) is 6.92 Å². The number of hydrogen-bond acceptors (Lipinski definition) is 8. The number of aromatic nitrogens is 6. The normalized spacial score (nSPS) is 12.2. The number of aliphatic hydroxyl groups excluding tert-OH is 1. The summed E-state index contributed by atoms with van der Waals surface area (Å²) in [5.41, 5.74) is 0. The van der Waals surface area contributed by atoms with Gasteiger partial charge in [0.1, 0.15) is 12.7 Å². The largest absolute Gasteiger partial charge is 0.396 e. The van der Waals surface area contributed by atoms with Crippen molar-refractivity contribution in [3.8, 4) is 5.95 Å². The van der Waals surface area contributed by atoms with Crippen LogP contribution < -0.4 is 10.6 Å². The molecule has 1 atom stereocenters. The molecule has 2 aromatic rings. The molecule has 3 N–H and O–H groups in total. The molecule has 20 heavy (non-hydrogen) atoms. The van der Waals surface area contributed by atoms with Gasteiger partial charge >= 0.3 is 0 Å². The van der Waals surface area contributed by atoms with Gasteiger partial charge in [-0.15, -0.1) is 0 Å². The van der Waals surface area contributed by atoms with E-state index >= 15 is 0 Å². The molecule has 0 aliphatic heterocycles. The van der Waals surface area contributed by atoms with Crippen LogP contribution >= 0.6 is 0 Å². The standard InChI is InChI=1S/C11H18N8O/c1-3-8(4-5-20)15-10-16-9(12-2)17-11(18-10)19-7-13-6-14-19/h6-8,20H,3-5H2,1-2H3,(H2,12,15,16,17,18). The van der Waals surface area contributed by atoms with E-state index in [1.165, 1.54) is 17.3 Å². The molecule has 0 bridgehead atoms. The molecule has 0 saturated heterocycles. The Labute approximate surface area is 116 Å². The van der Waals surface area contributed by atoms with E-state index in [4.69, 9.17) is 5.11 Å². The van der Waals surface area contributed by atoms with Crippen molar-refractivity contribution in [3.63, 3.8) is 0 Å². The van der Waals surface area contributed by atoms with Gasteiger partial charge in [0.25, 0.3) is 5.95 Å². The molecule has 0 fully saturated rings. The van der Waals surface area contributed by atoms with Crippen molar-refractivity contribution >= 4 is 11.9 Å². The smallest absolute Gasteiger partial charge is 0.258 e. The Morgan fingerprint density at radius 1 is 1.30 bits per heavy atom. The molecule has 0 saturated carbocycles. The van der Waals surface area contributed by atoms with Crippen molar-refractivity contribution in [2.24, 2.45) is 0 Å². The third kappa shape index (κ3) is 3.38. The number of nitrogens with zero attached hydrogens (tertiary/aromatic N) is 6. The molecule has 2 heterocycles. The van der Waals surface area contributed by atoms with E-state index in [2.05, 4.69) is 35.7 Å². The third-order valence-electron chi connectivity index (χ3n) is 2.77. The Hall–Kier alpha value is -2.29. The molecule has 9 nitrogen and oxygen atoms in total. The summed E-state index contributed by atoms with van der Waals surface area (Å²) >= 11 is 0. The summed E-state index contributed by atoms with van der Waals surface area (Å²) in [5.74, 6) is 1.25. The van der Waals surface area contributed by atoms with Crippen LogP contribution in [-0.4, -0.2) is 54.5 Å². The summed E-state index contributed by atoms with van der Waals surface area (Å²) < 4.78 is 1.46. The highest BCUT2D eigenvalue weighted by molar-refractivity contribution is 5.37. The van der Waals surface area contributed by atoms with Gasteiger partial charge in [0.05, 0.1) is 0 Å². The lowest BCUT2D eigenvalue weighted by atomic mass is 10.2. The van der Waals surface area contributed by atoms with Gasteiger partial charge in [0.2, 0.25) is 11.9 Å². The SMILES string of the molecule is CCC(CCO)Nc1nc(NC)nc(-n2cncn2)n1. The predicted octanol–water partition coefficient (Wildman–Crippen LogP) is 0.0669. The second kappa shape index (κ2) is 6.75. The van der Waals surface area contributed by atoms with Crippen molar-refractivity contribution in [1.29, 1.82) is 0 Å².